The lowest BCUT2D eigenvalue weighted by Crippen LogP contribution is -2.21. The molecule has 4 heteroatoms. The van der Waals surface area contributed by atoms with Crippen molar-refractivity contribution >= 4 is 27.9 Å². The van der Waals surface area contributed by atoms with E-state index in [1.165, 1.54) is 30.6 Å². The van der Waals surface area contributed by atoms with Crippen LogP contribution in [-0.2, 0) is 10.8 Å². The molecule has 2 rings (SSSR count). The Kier molecular flexibility index (Phi) is 5.57. The summed E-state index contributed by atoms with van der Waals surface area (Å²) in [6, 6.07) is 3.77. The summed E-state index contributed by atoms with van der Waals surface area (Å²) in [4.78, 5) is 12.6. The number of rotatable bonds is 6. The number of hydrogen-bond acceptors (Lipinski definition) is 3. The fraction of sp³-hybridized carbons (Fsp3) is 0.643. The average Bonchev–Trinajstić information content (AvgIpc) is 2.93. The molecule has 0 bridgehead atoms. The maximum Gasteiger partial charge on any atom is 0.172 e. The Morgan fingerprint density at radius 1 is 1.33 bits per heavy atom. The third kappa shape index (κ3) is 4.02. The summed E-state index contributed by atoms with van der Waals surface area (Å²) in [5, 5.41) is 2.32. The number of carbonyl (C=O) groups excluding carboxylic acids is 1. The van der Waals surface area contributed by atoms with E-state index in [4.69, 9.17) is 0 Å². The van der Waals surface area contributed by atoms with Gasteiger partial charge in [-0.05, 0) is 30.7 Å². The molecule has 1 aliphatic carbocycles. The van der Waals surface area contributed by atoms with Gasteiger partial charge in [0.15, 0.2) is 5.78 Å². The van der Waals surface area contributed by atoms with E-state index in [0.717, 1.165) is 24.1 Å². The Morgan fingerprint density at radius 3 is 2.78 bits per heavy atom. The molecule has 0 saturated heterocycles. The highest BCUT2D eigenvalue weighted by Gasteiger charge is 2.19. The highest BCUT2D eigenvalue weighted by Crippen LogP contribution is 2.22. The van der Waals surface area contributed by atoms with Gasteiger partial charge in [0.2, 0.25) is 0 Å². The molecule has 0 spiro atoms. The molecule has 1 heterocycles. The largest absolute Gasteiger partial charge is 0.293 e. The molecule has 0 N–H and O–H groups in total. The van der Waals surface area contributed by atoms with Crippen LogP contribution in [0.1, 0.15) is 54.6 Å². The van der Waals surface area contributed by atoms with Gasteiger partial charge in [-0.3, -0.25) is 9.00 Å². The van der Waals surface area contributed by atoms with Crippen molar-refractivity contribution in [3.05, 3.63) is 22.4 Å². The summed E-state index contributed by atoms with van der Waals surface area (Å²) in [6.07, 6.45) is 7.29. The summed E-state index contributed by atoms with van der Waals surface area (Å²) in [5.74, 6) is 0.896. The first kappa shape index (κ1) is 13.9. The standard InChI is InChI=1S/C14H20O2S2/c15-13(14-9-4-10-17-14)8-5-11-18(16)12-6-2-1-3-7-12/h4,9-10,12H,1-3,5-8,11H2. The molecular weight excluding hydrogens is 264 g/mol. The minimum Gasteiger partial charge on any atom is -0.293 e. The van der Waals surface area contributed by atoms with E-state index in [2.05, 4.69) is 0 Å². The van der Waals surface area contributed by atoms with E-state index < -0.39 is 10.8 Å². The van der Waals surface area contributed by atoms with Crippen molar-refractivity contribution in [3.8, 4) is 0 Å². The summed E-state index contributed by atoms with van der Waals surface area (Å²) in [7, 11) is -0.718. The van der Waals surface area contributed by atoms with Gasteiger partial charge in [-0.25, -0.2) is 0 Å². The molecule has 1 atom stereocenters. The molecule has 2 nitrogen and oxygen atoms in total. The number of Topliss-reactive ketones (excluding diaryl/α,β-unsaturated/α-hetero) is 1. The van der Waals surface area contributed by atoms with Gasteiger partial charge >= 0.3 is 0 Å². The van der Waals surface area contributed by atoms with Crippen LogP contribution in [0, 0.1) is 0 Å². The number of carbonyl (C=O) groups is 1. The maximum absolute atomic E-state index is 12.1. The second-order valence-corrected chi connectivity index (χ2v) is 7.63. The molecule has 1 fully saturated rings. The van der Waals surface area contributed by atoms with Crippen LogP contribution in [0.25, 0.3) is 0 Å². The van der Waals surface area contributed by atoms with Crippen molar-refractivity contribution in [1.29, 1.82) is 0 Å². The molecule has 1 unspecified atom stereocenters. The zero-order valence-corrected chi connectivity index (χ0v) is 12.2. The Morgan fingerprint density at radius 2 is 2.11 bits per heavy atom. The van der Waals surface area contributed by atoms with Crippen LogP contribution in [0.2, 0.25) is 0 Å². The molecule has 0 radical (unpaired) electrons. The average molecular weight is 284 g/mol. The van der Waals surface area contributed by atoms with E-state index in [9.17, 15) is 9.00 Å². The van der Waals surface area contributed by atoms with Gasteiger partial charge in [0, 0.05) is 28.2 Å². The first-order chi connectivity index (χ1) is 8.77. The maximum atomic E-state index is 12.1. The molecular formula is C14H20O2S2. The van der Waals surface area contributed by atoms with Crippen LogP contribution in [0.4, 0.5) is 0 Å². The van der Waals surface area contributed by atoms with Gasteiger partial charge in [0.25, 0.3) is 0 Å². The van der Waals surface area contributed by atoms with E-state index in [1.807, 2.05) is 17.5 Å². The number of ketones is 1. The Hall–Kier alpha value is -0.480. The van der Waals surface area contributed by atoms with E-state index in [0.29, 0.717) is 17.4 Å². The van der Waals surface area contributed by atoms with E-state index >= 15 is 0 Å². The molecule has 18 heavy (non-hydrogen) atoms. The van der Waals surface area contributed by atoms with E-state index in [-0.39, 0.29) is 5.78 Å². The number of thiophene rings is 1. The normalized spacial score (nSPS) is 18.7. The molecule has 1 aromatic heterocycles. The predicted octanol–water partition coefficient (Wildman–Crippen LogP) is 3.79. The minimum atomic E-state index is -0.718. The molecule has 100 valence electrons. The van der Waals surface area contributed by atoms with Gasteiger partial charge in [0.05, 0.1) is 4.88 Å². The van der Waals surface area contributed by atoms with Crippen LogP contribution >= 0.6 is 11.3 Å². The highest BCUT2D eigenvalue weighted by atomic mass is 32.2. The van der Waals surface area contributed by atoms with E-state index in [1.54, 1.807) is 0 Å². The smallest absolute Gasteiger partial charge is 0.172 e. The first-order valence-electron chi connectivity index (χ1n) is 6.71. The van der Waals surface area contributed by atoms with Crippen LogP contribution < -0.4 is 0 Å². The Labute approximate surface area is 115 Å². The highest BCUT2D eigenvalue weighted by molar-refractivity contribution is 7.85. The van der Waals surface area contributed by atoms with Crippen molar-refractivity contribution in [2.45, 2.75) is 50.2 Å². The summed E-state index contributed by atoms with van der Waals surface area (Å²) >= 11 is 1.49. The fourth-order valence-corrected chi connectivity index (χ4v) is 4.75. The molecule has 1 aliphatic rings. The zero-order valence-electron chi connectivity index (χ0n) is 10.6. The van der Waals surface area contributed by atoms with Crippen LogP contribution in [0.15, 0.2) is 17.5 Å². The molecule has 0 amide bonds. The fourth-order valence-electron chi connectivity index (χ4n) is 2.43. The second kappa shape index (κ2) is 7.19. The van der Waals surface area contributed by atoms with Gasteiger partial charge in [0.1, 0.15) is 0 Å². The van der Waals surface area contributed by atoms with Crippen molar-refractivity contribution in [2.75, 3.05) is 5.75 Å². The van der Waals surface area contributed by atoms with Gasteiger partial charge < -0.3 is 0 Å². The second-order valence-electron chi connectivity index (χ2n) is 4.85. The monoisotopic (exact) mass is 284 g/mol. The SMILES string of the molecule is O=C(CCCS(=O)C1CCCCC1)c1cccs1. The third-order valence-corrected chi connectivity index (χ3v) is 6.29. The third-order valence-electron chi connectivity index (χ3n) is 3.47. The lowest BCUT2D eigenvalue weighted by Gasteiger charge is -2.20. The molecule has 1 saturated carbocycles. The predicted molar refractivity (Wildman–Crippen MR) is 77.8 cm³/mol. The summed E-state index contributed by atoms with van der Waals surface area (Å²) in [5.41, 5.74) is 0. The summed E-state index contributed by atoms with van der Waals surface area (Å²) < 4.78 is 12.1. The quantitative estimate of drug-likeness (QED) is 0.745. The van der Waals surface area contributed by atoms with Gasteiger partial charge in [-0.15, -0.1) is 11.3 Å². The first-order valence-corrected chi connectivity index (χ1v) is 8.97. The van der Waals surface area contributed by atoms with Crippen molar-refractivity contribution in [1.82, 2.24) is 0 Å². The number of hydrogen-bond donors (Lipinski definition) is 0. The van der Waals surface area contributed by atoms with Crippen molar-refractivity contribution in [3.63, 3.8) is 0 Å². The van der Waals surface area contributed by atoms with Crippen molar-refractivity contribution in [2.24, 2.45) is 0 Å². The summed E-state index contributed by atoms with van der Waals surface area (Å²) in [6.45, 7) is 0. The molecule has 0 aromatic carbocycles. The van der Waals surface area contributed by atoms with Crippen LogP contribution in [0.5, 0.6) is 0 Å². The Bertz CT molecular complexity index is 392. The lowest BCUT2D eigenvalue weighted by atomic mass is 10.0. The van der Waals surface area contributed by atoms with Gasteiger partial charge in [-0.2, -0.15) is 0 Å². The van der Waals surface area contributed by atoms with Crippen LogP contribution in [0.3, 0.4) is 0 Å². The van der Waals surface area contributed by atoms with Gasteiger partial charge in [-0.1, -0.05) is 25.3 Å². The zero-order chi connectivity index (χ0) is 12.8. The molecule has 0 aliphatic heterocycles. The lowest BCUT2D eigenvalue weighted by molar-refractivity contribution is 0.0986. The minimum absolute atomic E-state index is 0.200. The van der Waals surface area contributed by atoms with Crippen molar-refractivity contribution < 1.29 is 9.00 Å². The Balaban J connectivity index is 1.68. The van der Waals surface area contributed by atoms with Crippen LogP contribution in [-0.4, -0.2) is 21.0 Å². The topological polar surface area (TPSA) is 34.1 Å². The molecule has 1 aromatic rings.